The minimum atomic E-state index is -0.377. The number of anilines is 1. The van der Waals surface area contributed by atoms with Crippen LogP contribution in [0.15, 0.2) is 45.6 Å². The molecule has 3 amide bonds. The summed E-state index contributed by atoms with van der Waals surface area (Å²) in [6, 6.07) is 8.86. The average molecular weight is 462 g/mol. The van der Waals surface area contributed by atoms with Gasteiger partial charge >= 0.3 is 0 Å². The van der Waals surface area contributed by atoms with Crippen molar-refractivity contribution in [1.29, 1.82) is 0 Å². The van der Waals surface area contributed by atoms with E-state index in [2.05, 4.69) is 26.2 Å². The van der Waals surface area contributed by atoms with E-state index in [1.165, 1.54) is 11.3 Å². The first kappa shape index (κ1) is 18.0. The Kier molecular flexibility index (Phi) is 4.90. The zero-order valence-corrected chi connectivity index (χ0v) is 17.0. The predicted molar refractivity (Wildman–Crippen MR) is 108 cm³/mol. The molecule has 3 heterocycles. The highest BCUT2D eigenvalue weighted by molar-refractivity contribution is 9.10. The molecule has 2 aromatic heterocycles. The average Bonchev–Trinajstić information content (AvgIpc) is 3.36. The number of halogens is 1. The summed E-state index contributed by atoms with van der Waals surface area (Å²) in [6.07, 6.45) is 0.0144. The van der Waals surface area contributed by atoms with Gasteiger partial charge in [0.05, 0.1) is 21.7 Å². The normalized spacial score (nSPS) is 13.1. The van der Waals surface area contributed by atoms with Crippen molar-refractivity contribution in [2.45, 2.75) is 6.42 Å². The van der Waals surface area contributed by atoms with Crippen LogP contribution < -0.4 is 5.32 Å². The first-order chi connectivity index (χ1) is 13.0. The minimum Gasteiger partial charge on any atom is -0.302 e. The number of carbonyl (C=O) groups is 3. The van der Waals surface area contributed by atoms with E-state index in [0.717, 1.165) is 19.9 Å². The van der Waals surface area contributed by atoms with Crippen molar-refractivity contribution in [3.63, 3.8) is 0 Å². The largest absolute Gasteiger partial charge is 0.302 e. The number of thiophene rings is 1. The summed E-state index contributed by atoms with van der Waals surface area (Å²) in [5.41, 5.74) is 1.54. The molecule has 0 unspecified atom stereocenters. The number of aromatic nitrogens is 1. The molecule has 1 aliphatic rings. The van der Waals surface area contributed by atoms with Gasteiger partial charge in [-0.15, -0.1) is 22.7 Å². The number of nitrogens with zero attached hydrogens (tertiary/aromatic N) is 2. The molecule has 136 valence electrons. The van der Waals surface area contributed by atoms with Gasteiger partial charge in [-0.2, -0.15) is 0 Å². The number of carbonyl (C=O) groups excluding carboxylic acids is 3. The van der Waals surface area contributed by atoms with Gasteiger partial charge in [0, 0.05) is 22.8 Å². The number of hydrogen-bond donors (Lipinski definition) is 1. The van der Waals surface area contributed by atoms with Crippen LogP contribution in [0.2, 0.25) is 0 Å². The highest BCUT2D eigenvalue weighted by atomic mass is 79.9. The maximum Gasteiger partial charge on any atom is 0.261 e. The molecule has 0 spiro atoms. The first-order valence-electron chi connectivity index (χ1n) is 7.98. The number of nitrogens with one attached hydrogen (secondary N) is 1. The van der Waals surface area contributed by atoms with E-state index in [1.807, 2.05) is 22.9 Å². The van der Waals surface area contributed by atoms with Gasteiger partial charge in [0.1, 0.15) is 0 Å². The van der Waals surface area contributed by atoms with Gasteiger partial charge in [-0.3, -0.25) is 19.3 Å². The standard InChI is InChI=1S/C18H12BrN3O3S2/c19-10-3-4-11-12(8-10)17(25)22(16(11)24)6-5-15(23)21-18-20-13(9-27-18)14-2-1-7-26-14/h1-4,7-9H,5-6H2,(H,20,21,23). The van der Waals surface area contributed by atoms with Crippen LogP contribution in [0, 0.1) is 0 Å². The van der Waals surface area contributed by atoms with Crippen molar-refractivity contribution >= 4 is 61.5 Å². The molecule has 0 fully saturated rings. The Hall–Kier alpha value is -2.36. The van der Waals surface area contributed by atoms with Crippen molar-refractivity contribution < 1.29 is 14.4 Å². The Morgan fingerprint density at radius 2 is 1.96 bits per heavy atom. The van der Waals surface area contributed by atoms with Gasteiger partial charge in [0.2, 0.25) is 5.91 Å². The second kappa shape index (κ2) is 7.34. The van der Waals surface area contributed by atoms with Gasteiger partial charge in [-0.1, -0.05) is 22.0 Å². The summed E-state index contributed by atoms with van der Waals surface area (Å²) in [4.78, 5) is 43.5. The van der Waals surface area contributed by atoms with E-state index in [9.17, 15) is 14.4 Å². The number of rotatable bonds is 5. The van der Waals surface area contributed by atoms with Crippen LogP contribution in [0.25, 0.3) is 10.6 Å². The van der Waals surface area contributed by atoms with Crippen LogP contribution in [0.4, 0.5) is 5.13 Å². The Labute approximate surface area is 171 Å². The maximum atomic E-state index is 12.4. The van der Waals surface area contributed by atoms with Crippen LogP contribution in [0.3, 0.4) is 0 Å². The van der Waals surface area contributed by atoms with Crippen molar-refractivity contribution in [1.82, 2.24) is 9.88 Å². The predicted octanol–water partition coefficient (Wildman–Crippen LogP) is 4.26. The zero-order valence-electron chi connectivity index (χ0n) is 13.8. The minimum absolute atomic E-state index is 0.0144. The van der Waals surface area contributed by atoms with E-state index in [4.69, 9.17) is 0 Å². The molecule has 6 nitrogen and oxygen atoms in total. The highest BCUT2D eigenvalue weighted by Crippen LogP contribution is 2.29. The third-order valence-corrected chi connectivity index (χ3v) is 6.16. The Balaban J connectivity index is 1.37. The fourth-order valence-corrected chi connectivity index (χ4v) is 4.58. The summed E-state index contributed by atoms with van der Waals surface area (Å²) in [5, 5.41) is 7.06. The van der Waals surface area contributed by atoms with E-state index < -0.39 is 0 Å². The van der Waals surface area contributed by atoms with E-state index in [1.54, 1.807) is 29.5 Å². The molecule has 0 saturated carbocycles. The van der Waals surface area contributed by atoms with Crippen LogP contribution >= 0.6 is 38.6 Å². The number of benzene rings is 1. The van der Waals surface area contributed by atoms with Gasteiger partial charge in [0.25, 0.3) is 11.8 Å². The summed E-state index contributed by atoms with van der Waals surface area (Å²) in [6.45, 7) is 0.0267. The lowest BCUT2D eigenvalue weighted by Crippen LogP contribution is -2.32. The van der Waals surface area contributed by atoms with Crippen LogP contribution in [-0.4, -0.2) is 34.2 Å². The highest BCUT2D eigenvalue weighted by Gasteiger charge is 2.35. The Bertz CT molecular complexity index is 1050. The van der Waals surface area contributed by atoms with Crippen LogP contribution in [0.5, 0.6) is 0 Å². The van der Waals surface area contributed by atoms with Crippen LogP contribution in [0.1, 0.15) is 27.1 Å². The van der Waals surface area contributed by atoms with E-state index in [0.29, 0.717) is 16.3 Å². The number of thiazole rings is 1. The fraction of sp³-hybridized carbons (Fsp3) is 0.111. The summed E-state index contributed by atoms with van der Waals surface area (Å²) in [5.74, 6) is -1.04. The van der Waals surface area contributed by atoms with Crippen molar-refractivity contribution in [3.8, 4) is 10.6 Å². The molecule has 9 heteroatoms. The molecule has 0 aliphatic carbocycles. The van der Waals surface area contributed by atoms with E-state index in [-0.39, 0.29) is 30.7 Å². The number of fused-ring (bicyclic) bond motifs is 1. The molecule has 4 rings (SSSR count). The maximum absolute atomic E-state index is 12.4. The van der Waals surface area contributed by atoms with Gasteiger partial charge in [-0.05, 0) is 29.6 Å². The topological polar surface area (TPSA) is 79.4 Å². The molecule has 1 aliphatic heterocycles. The van der Waals surface area contributed by atoms with Crippen molar-refractivity contribution in [3.05, 3.63) is 56.7 Å². The second-order valence-electron chi connectivity index (χ2n) is 5.77. The second-order valence-corrected chi connectivity index (χ2v) is 8.49. The molecule has 3 aromatic rings. The first-order valence-corrected chi connectivity index (χ1v) is 10.5. The molecule has 1 N–H and O–H groups in total. The Morgan fingerprint density at radius 1 is 1.15 bits per heavy atom. The number of imide groups is 1. The molecular weight excluding hydrogens is 450 g/mol. The SMILES string of the molecule is O=C(CCN1C(=O)c2ccc(Br)cc2C1=O)Nc1nc(-c2cccs2)cs1. The third-order valence-electron chi connectivity index (χ3n) is 4.02. The quantitative estimate of drug-likeness (QED) is 0.575. The fourth-order valence-electron chi connectivity index (χ4n) is 2.73. The summed E-state index contributed by atoms with van der Waals surface area (Å²) in [7, 11) is 0. The molecule has 1 aromatic carbocycles. The lowest BCUT2D eigenvalue weighted by atomic mass is 10.1. The molecular formula is C18H12BrN3O3S2. The van der Waals surface area contributed by atoms with Gasteiger partial charge < -0.3 is 5.32 Å². The molecule has 0 saturated heterocycles. The number of hydrogen-bond acceptors (Lipinski definition) is 6. The summed E-state index contributed by atoms with van der Waals surface area (Å²) < 4.78 is 0.729. The molecule has 0 atom stereocenters. The van der Waals surface area contributed by atoms with E-state index >= 15 is 0 Å². The smallest absolute Gasteiger partial charge is 0.261 e. The van der Waals surface area contributed by atoms with Crippen LogP contribution in [-0.2, 0) is 4.79 Å². The molecule has 0 radical (unpaired) electrons. The van der Waals surface area contributed by atoms with Crippen molar-refractivity contribution in [2.24, 2.45) is 0 Å². The monoisotopic (exact) mass is 461 g/mol. The number of amides is 3. The van der Waals surface area contributed by atoms with Gasteiger partial charge in [-0.25, -0.2) is 4.98 Å². The summed E-state index contributed by atoms with van der Waals surface area (Å²) >= 11 is 6.21. The molecule has 27 heavy (non-hydrogen) atoms. The third kappa shape index (κ3) is 3.58. The Morgan fingerprint density at radius 3 is 2.74 bits per heavy atom. The lowest BCUT2D eigenvalue weighted by Gasteiger charge is -2.12. The van der Waals surface area contributed by atoms with Gasteiger partial charge in [0.15, 0.2) is 5.13 Å². The zero-order chi connectivity index (χ0) is 19.0. The lowest BCUT2D eigenvalue weighted by molar-refractivity contribution is -0.116. The van der Waals surface area contributed by atoms with Crippen molar-refractivity contribution in [2.75, 3.05) is 11.9 Å². The molecule has 0 bridgehead atoms.